The van der Waals surface area contributed by atoms with Crippen LogP contribution in [-0.2, 0) is 4.74 Å². The molecule has 0 saturated carbocycles. The fourth-order valence-electron chi connectivity index (χ4n) is 2.68. The summed E-state index contributed by atoms with van der Waals surface area (Å²) >= 11 is 0. The molecule has 108 valence electrons. The molecule has 1 aliphatic heterocycles. The Morgan fingerprint density at radius 2 is 2.11 bits per heavy atom. The zero-order valence-electron chi connectivity index (χ0n) is 12.7. The lowest BCUT2D eigenvalue weighted by Crippen LogP contribution is -2.42. The molecule has 1 N–H and O–H groups in total. The quantitative estimate of drug-likeness (QED) is 0.722. The molecule has 0 spiro atoms. The van der Waals surface area contributed by atoms with Crippen molar-refractivity contribution in [3.8, 4) is 0 Å². The molecule has 1 saturated heterocycles. The van der Waals surface area contributed by atoms with Crippen molar-refractivity contribution in [2.24, 2.45) is 5.92 Å². The molecule has 1 rings (SSSR count). The Bertz CT molecular complexity index is 209. The lowest BCUT2D eigenvalue weighted by Gasteiger charge is -2.33. The predicted molar refractivity (Wildman–Crippen MR) is 78.0 cm³/mol. The van der Waals surface area contributed by atoms with E-state index < -0.39 is 0 Å². The third-order valence-electron chi connectivity index (χ3n) is 4.11. The summed E-state index contributed by atoms with van der Waals surface area (Å²) in [7, 11) is 2.27. The Morgan fingerprint density at radius 3 is 2.72 bits per heavy atom. The zero-order chi connectivity index (χ0) is 13.4. The average Bonchev–Trinajstić information content (AvgIpc) is 2.35. The third kappa shape index (κ3) is 5.68. The molecule has 3 heteroatoms. The molecular formula is C15H32N2O. The number of piperidine rings is 1. The SMILES string of the molecule is CCOCC(NCCC1CCCCN1C)C(C)C. The first kappa shape index (κ1) is 15.9. The van der Waals surface area contributed by atoms with Gasteiger partial charge in [0.2, 0.25) is 0 Å². The third-order valence-corrected chi connectivity index (χ3v) is 4.11. The molecule has 0 aromatic carbocycles. The van der Waals surface area contributed by atoms with Crippen molar-refractivity contribution in [2.75, 3.05) is 33.4 Å². The van der Waals surface area contributed by atoms with Crippen molar-refractivity contribution < 1.29 is 4.74 Å². The molecular weight excluding hydrogens is 224 g/mol. The van der Waals surface area contributed by atoms with Crippen LogP contribution in [0.25, 0.3) is 0 Å². The van der Waals surface area contributed by atoms with Gasteiger partial charge in [-0.05, 0) is 52.2 Å². The first-order valence-corrected chi connectivity index (χ1v) is 7.66. The second kappa shape index (κ2) is 8.89. The van der Waals surface area contributed by atoms with Crippen LogP contribution in [0.1, 0.15) is 46.5 Å². The largest absolute Gasteiger partial charge is 0.380 e. The summed E-state index contributed by atoms with van der Waals surface area (Å²) in [6, 6.07) is 1.28. The highest BCUT2D eigenvalue weighted by atomic mass is 16.5. The minimum absolute atomic E-state index is 0.499. The molecule has 0 bridgehead atoms. The summed E-state index contributed by atoms with van der Waals surface area (Å²) in [5.41, 5.74) is 0. The number of rotatable bonds is 8. The number of likely N-dealkylation sites (tertiary alicyclic amines) is 1. The molecule has 0 radical (unpaired) electrons. The number of hydrogen-bond acceptors (Lipinski definition) is 3. The van der Waals surface area contributed by atoms with Crippen LogP contribution in [0.15, 0.2) is 0 Å². The average molecular weight is 256 g/mol. The van der Waals surface area contributed by atoms with Gasteiger partial charge in [-0.2, -0.15) is 0 Å². The van der Waals surface area contributed by atoms with Crippen LogP contribution in [0.5, 0.6) is 0 Å². The number of hydrogen-bond donors (Lipinski definition) is 1. The molecule has 3 nitrogen and oxygen atoms in total. The fraction of sp³-hybridized carbons (Fsp3) is 1.00. The van der Waals surface area contributed by atoms with Crippen molar-refractivity contribution in [1.29, 1.82) is 0 Å². The Balaban J connectivity index is 2.20. The number of nitrogens with zero attached hydrogens (tertiary/aromatic N) is 1. The van der Waals surface area contributed by atoms with Gasteiger partial charge in [-0.3, -0.25) is 0 Å². The van der Waals surface area contributed by atoms with E-state index in [2.05, 4.69) is 38.0 Å². The zero-order valence-corrected chi connectivity index (χ0v) is 12.7. The minimum atomic E-state index is 0.499. The van der Waals surface area contributed by atoms with Crippen LogP contribution in [0.3, 0.4) is 0 Å². The van der Waals surface area contributed by atoms with Crippen LogP contribution < -0.4 is 5.32 Å². The molecule has 0 amide bonds. The Hall–Kier alpha value is -0.120. The van der Waals surface area contributed by atoms with E-state index in [1.54, 1.807) is 0 Å². The van der Waals surface area contributed by atoms with Gasteiger partial charge in [0, 0.05) is 18.7 Å². The maximum Gasteiger partial charge on any atom is 0.0621 e. The van der Waals surface area contributed by atoms with E-state index in [0.717, 1.165) is 25.8 Å². The molecule has 0 aromatic rings. The van der Waals surface area contributed by atoms with Gasteiger partial charge in [0.05, 0.1) is 6.61 Å². The highest BCUT2D eigenvalue weighted by Gasteiger charge is 2.19. The Kier molecular flexibility index (Phi) is 7.87. The first-order chi connectivity index (χ1) is 8.65. The van der Waals surface area contributed by atoms with Crippen molar-refractivity contribution in [2.45, 2.75) is 58.5 Å². The van der Waals surface area contributed by atoms with Gasteiger partial charge in [-0.1, -0.05) is 20.3 Å². The second-order valence-electron chi connectivity index (χ2n) is 5.88. The second-order valence-corrected chi connectivity index (χ2v) is 5.88. The minimum Gasteiger partial charge on any atom is -0.380 e. The van der Waals surface area contributed by atoms with Gasteiger partial charge < -0.3 is 15.0 Å². The van der Waals surface area contributed by atoms with Crippen LogP contribution in [0.2, 0.25) is 0 Å². The topological polar surface area (TPSA) is 24.5 Å². The predicted octanol–water partition coefficient (Wildman–Crippen LogP) is 2.51. The lowest BCUT2D eigenvalue weighted by molar-refractivity contribution is 0.105. The normalized spacial score (nSPS) is 23.5. The van der Waals surface area contributed by atoms with Gasteiger partial charge in [0.1, 0.15) is 0 Å². The van der Waals surface area contributed by atoms with Crippen LogP contribution >= 0.6 is 0 Å². The Labute approximate surface area is 113 Å². The summed E-state index contributed by atoms with van der Waals surface area (Å²) in [6.07, 6.45) is 5.42. The molecule has 0 aliphatic carbocycles. The maximum atomic E-state index is 5.55. The summed E-state index contributed by atoms with van der Waals surface area (Å²) in [5.74, 6) is 0.639. The molecule has 2 atom stereocenters. The maximum absolute atomic E-state index is 5.55. The molecule has 18 heavy (non-hydrogen) atoms. The van der Waals surface area contributed by atoms with Crippen molar-refractivity contribution in [3.63, 3.8) is 0 Å². The van der Waals surface area contributed by atoms with E-state index in [9.17, 15) is 0 Å². The van der Waals surface area contributed by atoms with E-state index >= 15 is 0 Å². The molecule has 1 heterocycles. The summed E-state index contributed by atoms with van der Waals surface area (Å²) in [4.78, 5) is 2.53. The van der Waals surface area contributed by atoms with Gasteiger partial charge in [0.15, 0.2) is 0 Å². The molecule has 1 fully saturated rings. The summed E-state index contributed by atoms with van der Waals surface area (Å²) < 4.78 is 5.55. The summed E-state index contributed by atoms with van der Waals surface area (Å²) in [6.45, 7) is 10.6. The van der Waals surface area contributed by atoms with Crippen molar-refractivity contribution in [1.82, 2.24) is 10.2 Å². The van der Waals surface area contributed by atoms with Crippen LogP contribution in [0.4, 0.5) is 0 Å². The standard InChI is InChI=1S/C15H32N2O/c1-5-18-12-15(13(2)3)16-10-9-14-8-6-7-11-17(14)4/h13-16H,5-12H2,1-4H3. The van der Waals surface area contributed by atoms with Gasteiger partial charge in [0.25, 0.3) is 0 Å². The lowest BCUT2D eigenvalue weighted by atomic mass is 9.99. The van der Waals surface area contributed by atoms with Crippen LogP contribution in [-0.4, -0.2) is 50.3 Å². The van der Waals surface area contributed by atoms with Gasteiger partial charge in [-0.25, -0.2) is 0 Å². The van der Waals surface area contributed by atoms with E-state index in [1.165, 1.54) is 32.2 Å². The highest BCUT2D eigenvalue weighted by Crippen LogP contribution is 2.17. The monoisotopic (exact) mass is 256 g/mol. The van der Waals surface area contributed by atoms with Gasteiger partial charge >= 0.3 is 0 Å². The first-order valence-electron chi connectivity index (χ1n) is 7.66. The molecule has 0 aromatic heterocycles. The smallest absolute Gasteiger partial charge is 0.0621 e. The van der Waals surface area contributed by atoms with E-state index in [4.69, 9.17) is 4.74 Å². The molecule has 2 unspecified atom stereocenters. The highest BCUT2D eigenvalue weighted by molar-refractivity contribution is 4.77. The van der Waals surface area contributed by atoms with E-state index in [1.807, 2.05) is 0 Å². The van der Waals surface area contributed by atoms with Crippen molar-refractivity contribution in [3.05, 3.63) is 0 Å². The van der Waals surface area contributed by atoms with E-state index in [0.29, 0.717) is 12.0 Å². The fourth-order valence-corrected chi connectivity index (χ4v) is 2.68. The summed E-state index contributed by atoms with van der Waals surface area (Å²) in [5, 5.41) is 3.67. The molecule has 1 aliphatic rings. The number of nitrogens with one attached hydrogen (secondary N) is 1. The van der Waals surface area contributed by atoms with Crippen molar-refractivity contribution >= 4 is 0 Å². The Morgan fingerprint density at radius 1 is 1.33 bits per heavy atom. The van der Waals surface area contributed by atoms with E-state index in [-0.39, 0.29) is 0 Å². The van der Waals surface area contributed by atoms with Crippen LogP contribution in [0, 0.1) is 5.92 Å². The van der Waals surface area contributed by atoms with Gasteiger partial charge in [-0.15, -0.1) is 0 Å². The number of ether oxygens (including phenoxy) is 1.